The van der Waals surface area contributed by atoms with Gasteiger partial charge in [-0.1, -0.05) is 6.07 Å². The highest BCUT2D eigenvalue weighted by Gasteiger charge is 2.26. The normalized spacial score (nSPS) is 19.7. The van der Waals surface area contributed by atoms with E-state index >= 15 is 0 Å². The van der Waals surface area contributed by atoms with Crippen molar-refractivity contribution in [3.8, 4) is 0 Å². The minimum atomic E-state index is 0.0413. The third-order valence-electron chi connectivity index (χ3n) is 3.48. The average Bonchev–Trinajstić information content (AvgIpc) is 2.74. The number of anilines is 2. The molecule has 1 saturated heterocycles. The maximum absolute atomic E-state index is 4.79. The van der Waals surface area contributed by atoms with Gasteiger partial charge in [-0.25, -0.2) is 4.98 Å². The van der Waals surface area contributed by atoms with Gasteiger partial charge in [0.2, 0.25) is 0 Å². The number of likely N-dealkylation sites (N-methyl/N-ethyl adjacent to an activating group) is 1. The van der Waals surface area contributed by atoms with Gasteiger partial charge in [-0.15, -0.1) is 0 Å². The molecule has 112 valence electrons. The Kier molecular flexibility index (Phi) is 4.53. The molecule has 4 nitrogen and oxygen atoms in total. The molecule has 1 aliphatic rings. The van der Waals surface area contributed by atoms with Crippen LogP contribution in [0.3, 0.4) is 0 Å². The Morgan fingerprint density at radius 3 is 2.75 bits per heavy atom. The van der Waals surface area contributed by atoms with Gasteiger partial charge in [0.1, 0.15) is 11.6 Å². The second-order valence-corrected chi connectivity index (χ2v) is 7.01. The van der Waals surface area contributed by atoms with Crippen LogP contribution in [0, 0.1) is 0 Å². The van der Waals surface area contributed by atoms with E-state index in [2.05, 4.69) is 62.1 Å². The summed E-state index contributed by atoms with van der Waals surface area (Å²) in [5.41, 5.74) is 0.0413. The summed E-state index contributed by atoms with van der Waals surface area (Å²) in [7, 11) is 4.28. The van der Waals surface area contributed by atoms with E-state index in [0.29, 0.717) is 6.04 Å². The Labute approximate surface area is 123 Å². The van der Waals surface area contributed by atoms with Crippen molar-refractivity contribution >= 4 is 11.6 Å². The highest BCUT2D eigenvalue weighted by atomic mass is 15.3. The van der Waals surface area contributed by atoms with Gasteiger partial charge in [0.05, 0.1) is 0 Å². The van der Waals surface area contributed by atoms with Crippen LogP contribution in [0.15, 0.2) is 18.2 Å². The van der Waals surface area contributed by atoms with Crippen LogP contribution in [-0.2, 0) is 0 Å². The first-order valence-corrected chi connectivity index (χ1v) is 7.52. The van der Waals surface area contributed by atoms with E-state index in [9.17, 15) is 0 Å². The van der Waals surface area contributed by atoms with Gasteiger partial charge in [0.15, 0.2) is 0 Å². The second kappa shape index (κ2) is 6.00. The summed E-state index contributed by atoms with van der Waals surface area (Å²) >= 11 is 0. The third-order valence-corrected chi connectivity index (χ3v) is 3.48. The predicted octanol–water partition coefficient (Wildman–Crippen LogP) is 2.82. The van der Waals surface area contributed by atoms with Crippen molar-refractivity contribution in [3.05, 3.63) is 18.2 Å². The highest BCUT2D eigenvalue weighted by molar-refractivity contribution is 5.49. The molecule has 4 heteroatoms. The molecule has 0 saturated carbocycles. The Morgan fingerprint density at radius 2 is 2.10 bits per heavy atom. The van der Waals surface area contributed by atoms with Gasteiger partial charge in [-0.2, -0.15) is 0 Å². The van der Waals surface area contributed by atoms with E-state index in [1.165, 1.54) is 12.8 Å². The van der Waals surface area contributed by atoms with Crippen LogP contribution in [-0.4, -0.2) is 48.6 Å². The van der Waals surface area contributed by atoms with E-state index in [1.54, 1.807) is 0 Å². The molecule has 20 heavy (non-hydrogen) atoms. The van der Waals surface area contributed by atoms with Crippen LogP contribution >= 0.6 is 0 Å². The third kappa shape index (κ3) is 4.10. The smallest absolute Gasteiger partial charge is 0.131 e. The van der Waals surface area contributed by atoms with E-state index in [4.69, 9.17) is 4.98 Å². The highest BCUT2D eigenvalue weighted by Crippen LogP contribution is 2.25. The minimum absolute atomic E-state index is 0.0413. The zero-order valence-electron chi connectivity index (χ0n) is 13.5. The zero-order valence-corrected chi connectivity index (χ0v) is 13.5. The molecule has 1 aliphatic heterocycles. The maximum Gasteiger partial charge on any atom is 0.131 e. The summed E-state index contributed by atoms with van der Waals surface area (Å²) in [6.07, 6.45) is 2.52. The number of hydrogen-bond acceptors (Lipinski definition) is 4. The molecule has 0 aromatic carbocycles. The summed E-state index contributed by atoms with van der Waals surface area (Å²) in [4.78, 5) is 9.51. The molecule has 1 fully saturated rings. The molecule has 1 aromatic rings. The lowest BCUT2D eigenvalue weighted by Gasteiger charge is -2.29. The fourth-order valence-corrected chi connectivity index (χ4v) is 2.79. The molecule has 1 aromatic heterocycles. The number of pyridine rings is 1. The number of rotatable bonds is 4. The molecular weight excluding hydrogens is 248 g/mol. The van der Waals surface area contributed by atoms with Gasteiger partial charge in [-0.05, 0) is 59.8 Å². The standard InChI is InChI=1S/C16H28N4/c1-16(2,3)18-14-9-6-10-15(17-14)20-11-7-8-13(20)12-19(4)5/h6,9-10,13H,7-8,11-12H2,1-5H3,(H,17,18). The molecule has 0 spiro atoms. The Bertz CT molecular complexity index is 436. The fraction of sp³-hybridized carbons (Fsp3) is 0.688. The monoisotopic (exact) mass is 276 g/mol. The van der Waals surface area contributed by atoms with Crippen LogP contribution in [0.2, 0.25) is 0 Å². The molecule has 0 amide bonds. The maximum atomic E-state index is 4.79. The predicted molar refractivity (Wildman–Crippen MR) is 86.5 cm³/mol. The first-order chi connectivity index (χ1) is 9.35. The number of nitrogens with zero attached hydrogens (tertiary/aromatic N) is 3. The topological polar surface area (TPSA) is 31.4 Å². The molecule has 1 unspecified atom stereocenters. The summed E-state index contributed by atoms with van der Waals surface area (Å²) in [6.45, 7) is 8.69. The largest absolute Gasteiger partial charge is 0.365 e. The first-order valence-electron chi connectivity index (χ1n) is 7.52. The quantitative estimate of drug-likeness (QED) is 0.916. The number of hydrogen-bond donors (Lipinski definition) is 1. The zero-order chi connectivity index (χ0) is 14.8. The molecule has 0 radical (unpaired) electrons. The van der Waals surface area contributed by atoms with Gasteiger partial charge in [-0.3, -0.25) is 0 Å². The summed E-state index contributed by atoms with van der Waals surface area (Å²) in [6, 6.07) is 6.86. The van der Waals surface area contributed by atoms with E-state index in [-0.39, 0.29) is 5.54 Å². The van der Waals surface area contributed by atoms with Crippen molar-refractivity contribution in [1.82, 2.24) is 9.88 Å². The van der Waals surface area contributed by atoms with Crippen molar-refractivity contribution in [2.45, 2.75) is 45.2 Å². The van der Waals surface area contributed by atoms with E-state index in [0.717, 1.165) is 24.7 Å². The Hall–Kier alpha value is -1.29. The molecule has 2 rings (SSSR count). The molecular formula is C16H28N4. The first kappa shape index (κ1) is 15.1. The van der Waals surface area contributed by atoms with Gasteiger partial charge >= 0.3 is 0 Å². The SMILES string of the molecule is CN(C)CC1CCCN1c1cccc(NC(C)(C)C)n1. The summed E-state index contributed by atoms with van der Waals surface area (Å²) in [5, 5.41) is 3.45. The van der Waals surface area contributed by atoms with Gasteiger partial charge < -0.3 is 15.1 Å². The van der Waals surface area contributed by atoms with Crippen LogP contribution in [0.1, 0.15) is 33.6 Å². The lowest BCUT2D eigenvalue weighted by molar-refractivity contribution is 0.371. The number of nitrogens with one attached hydrogen (secondary N) is 1. The van der Waals surface area contributed by atoms with Crippen LogP contribution in [0.4, 0.5) is 11.6 Å². The van der Waals surface area contributed by atoms with E-state index in [1.807, 2.05) is 6.07 Å². The van der Waals surface area contributed by atoms with Crippen molar-refractivity contribution in [2.24, 2.45) is 0 Å². The van der Waals surface area contributed by atoms with Crippen LogP contribution < -0.4 is 10.2 Å². The Balaban J connectivity index is 2.13. The van der Waals surface area contributed by atoms with E-state index < -0.39 is 0 Å². The molecule has 0 aliphatic carbocycles. The second-order valence-electron chi connectivity index (χ2n) is 7.01. The van der Waals surface area contributed by atoms with Crippen molar-refractivity contribution < 1.29 is 0 Å². The molecule has 0 bridgehead atoms. The van der Waals surface area contributed by atoms with Crippen LogP contribution in [0.25, 0.3) is 0 Å². The summed E-state index contributed by atoms with van der Waals surface area (Å²) in [5.74, 6) is 2.06. The lowest BCUT2D eigenvalue weighted by Crippen LogP contribution is -2.38. The van der Waals surface area contributed by atoms with Crippen molar-refractivity contribution in [1.29, 1.82) is 0 Å². The lowest BCUT2D eigenvalue weighted by atomic mass is 10.1. The fourth-order valence-electron chi connectivity index (χ4n) is 2.79. The van der Waals surface area contributed by atoms with Gasteiger partial charge in [0.25, 0.3) is 0 Å². The van der Waals surface area contributed by atoms with Crippen molar-refractivity contribution in [2.75, 3.05) is 37.4 Å². The Morgan fingerprint density at radius 1 is 1.35 bits per heavy atom. The van der Waals surface area contributed by atoms with Crippen molar-refractivity contribution in [3.63, 3.8) is 0 Å². The molecule has 1 atom stereocenters. The minimum Gasteiger partial charge on any atom is -0.365 e. The average molecular weight is 276 g/mol. The summed E-state index contributed by atoms with van der Waals surface area (Å²) < 4.78 is 0. The molecule has 2 heterocycles. The number of aromatic nitrogens is 1. The van der Waals surface area contributed by atoms with Crippen LogP contribution in [0.5, 0.6) is 0 Å². The molecule has 1 N–H and O–H groups in total. The van der Waals surface area contributed by atoms with Gasteiger partial charge in [0, 0.05) is 24.7 Å².